The Labute approximate surface area is 172 Å². The van der Waals surface area contributed by atoms with E-state index in [4.69, 9.17) is 14.2 Å². The van der Waals surface area contributed by atoms with Crippen molar-refractivity contribution in [3.63, 3.8) is 0 Å². The maximum absolute atomic E-state index is 13.5. The summed E-state index contributed by atoms with van der Waals surface area (Å²) < 4.78 is 16.9. The van der Waals surface area contributed by atoms with Gasteiger partial charge in [0.1, 0.15) is 17.2 Å². The molecule has 9 heteroatoms. The van der Waals surface area contributed by atoms with E-state index in [2.05, 4.69) is 9.97 Å². The summed E-state index contributed by atoms with van der Waals surface area (Å²) in [5, 5.41) is 10.4. The van der Waals surface area contributed by atoms with Gasteiger partial charge in [-0.25, -0.2) is 4.79 Å². The summed E-state index contributed by atoms with van der Waals surface area (Å²) in [6.07, 6.45) is 3.14. The Bertz CT molecular complexity index is 1130. The maximum atomic E-state index is 13.5. The number of carbonyl (C=O) groups excluding carboxylic acids is 1. The predicted octanol–water partition coefficient (Wildman–Crippen LogP) is 2.50. The molecule has 0 saturated carbocycles. The molecule has 9 nitrogen and oxygen atoms in total. The molecule has 1 N–H and O–H groups in total. The molecular formula is C21H21N3O6. The minimum Gasteiger partial charge on any atom is -0.494 e. The molecule has 0 fully saturated rings. The summed E-state index contributed by atoms with van der Waals surface area (Å²) in [5.74, 6) is -1.05. The summed E-state index contributed by atoms with van der Waals surface area (Å²) in [5.41, 5.74) is 0.0662. The van der Waals surface area contributed by atoms with Crippen LogP contribution in [0.25, 0.3) is 17.1 Å². The van der Waals surface area contributed by atoms with Crippen LogP contribution in [-0.4, -0.2) is 46.4 Å². The fraction of sp³-hybridized carbons (Fsp3) is 0.238. The number of ether oxygens (including phenoxy) is 3. The van der Waals surface area contributed by atoms with Crippen molar-refractivity contribution in [2.45, 2.75) is 13.8 Å². The second-order valence-electron chi connectivity index (χ2n) is 6.26. The first-order valence-electron chi connectivity index (χ1n) is 9.09. The number of rotatable bonds is 6. The number of esters is 1. The molecule has 2 heterocycles. The molecule has 2 aromatic heterocycles. The Morgan fingerprint density at radius 2 is 1.83 bits per heavy atom. The van der Waals surface area contributed by atoms with Crippen LogP contribution in [0.1, 0.15) is 22.8 Å². The monoisotopic (exact) mass is 411 g/mol. The first-order chi connectivity index (χ1) is 14.4. The molecule has 0 aliphatic carbocycles. The Hall–Kier alpha value is -3.88. The molecule has 0 saturated heterocycles. The van der Waals surface area contributed by atoms with Crippen molar-refractivity contribution in [2.75, 3.05) is 20.8 Å². The molecule has 3 rings (SSSR count). The lowest BCUT2D eigenvalue weighted by molar-refractivity contribution is 0.0519. The van der Waals surface area contributed by atoms with E-state index >= 15 is 0 Å². The molecule has 1 aromatic carbocycles. The van der Waals surface area contributed by atoms with E-state index in [1.165, 1.54) is 20.4 Å². The van der Waals surface area contributed by atoms with Gasteiger partial charge in [0.15, 0.2) is 11.4 Å². The molecule has 0 aliphatic heterocycles. The number of aromatic nitrogens is 3. The average molecular weight is 411 g/mol. The highest BCUT2D eigenvalue weighted by Gasteiger charge is 2.27. The molecule has 3 aromatic rings. The van der Waals surface area contributed by atoms with Gasteiger partial charge >= 0.3 is 5.97 Å². The molecule has 0 radical (unpaired) electrons. The zero-order valence-corrected chi connectivity index (χ0v) is 17.0. The molecular weight excluding hydrogens is 390 g/mol. The van der Waals surface area contributed by atoms with Gasteiger partial charge in [0, 0.05) is 18.0 Å². The van der Waals surface area contributed by atoms with Crippen LogP contribution >= 0.6 is 0 Å². The van der Waals surface area contributed by atoms with E-state index in [0.29, 0.717) is 17.1 Å². The smallest absolute Gasteiger partial charge is 0.349 e. The summed E-state index contributed by atoms with van der Waals surface area (Å²) in [4.78, 5) is 34.1. The summed E-state index contributed by atoms with van der Waals surface area (Å²) in [7, 11) is 2.88. The summed E-state index contributed by atoms with van der Waals surface area (Å²) in [6, 6.07) is 6.72. The van der Waals surface area contributed by atoms with Gasteiger partial charge in [-0.1, -0.05) is 6.07 Å². The third-order valence-electron chi connectivity index (χ3n) is 4.30. The van der Waals surface area contributed by atoms with Crippen molar-refractivity contribution in [3.05, 3.63) is 58.1 Å². The number of benzene rings is 1. The lowest BCUT2D eigenvalue weighted by atomic mass is 10.1. The van der Waals surface area contributed by atoms with Crippen molar-refractivity contribution in [3.8, 4) is 34.5 Å². The van der Waals surface area contributed by atoms with Crippen LogP contribution in [0, 0.1) is 6.92 Å². The Morgan fingerprint density at radius 3 is 2.40 bits per heavy atom. The van der Waals surface area contributed by atoms with Crippen LogP contribution in [0.15, 0.2) is 41.5 Å². The summed E-state index contributed by atoms with van der Waals surface area (Å²) >= 11 is 0. The van der Waals surface area contributed by atoms with Crippen LogP contribution in [0.3, 0.4) is 0 Å². The lowest BCUT2D eigenvalue weighted by Crippen LogP contribution is -2.29. The number of nitrogens with zero attached hydrogens (tertiary/aromatic N) is 3. The minimum absolute atomic E-state index is 0.0270. The van der Waals surface area contributed by atoms with Gasteiger partial charge in [-0.15, -0.1) is 0 Å². The Kier molecular flexibility index (Phi) is 6.01. The van der Waals surface area contributed by atoms with E-state index in [-0.39, 0.29) is 18.1 Å². The fourth-order valence-electron chi connectivity index (χ4n) is 3.02. The van der Waals surface area contributed by atoms with Crippen molar-refractivity contribution >= 4 is 5.97 Å². The molecule has 0 spiro atoms. The maximum Gasteiger partial charge on any atom is 0.349 e. The SMILES string of the molecule is CCOC(=O)c1c(O)nc(-c2cncc(C)c2)n(-c2c(OC)cccc2OC)c1=O. The molecule has 0 bridgehead atoms. The Balaban J connectivity index is 2.47. The van der Waals surface area contributed by atoms with Gasteiger partial charge in [0.2, 0.25) is 5.88 Å². The number of hydrogen-bond acceptors (Lipinski definition) is 8. The quantitative estimate of drug-likeness (QED) is 0.616. The first-order valence-corrected chi connectivity index (χ1v) is 9.09. The van der Waals surface area contributed by atoms with Gasteiger partial charge in [0.25, 0.3) is 5.56 Å². The highest BCUT2D eigenvalue weighted by atomic mass is 16.5. The highest BCUT2D eigenvalue weighted by molar-refractivity contribution is 5.92. The van der Waals surface area contributed by atoms with Gasteiger partial charge in [-0.3, -0.25) is 14.3 Å². The lowest BCUT2D eigenvalue weighted by Gasteiger charge is -2.19. The number of aryl methyl sites for hydroxylation is 1. The second kappa shape index (κ2) is 8.64. The predicted molar refractivity (Wildman–Crippen MR) is 109 cm³/mol. The van der Waals surface area contributed by atoms with E-state index in [0.717, 1.165) is 10.1 Å². The highest BCUT2D eigenvalue weighted by Crippen LogP contribution is 2.35. The van der Waals surface area contributed by atoms with Crippen molar-refractivity contribution in [1.29, 1.82) is 0 Å². The molecule has 0 aliphatic rings. The van der Waals surface area contributed by atoms with Crippen molar-refractivity contribution in [2.24, 2.45) is 0 Å². The average Bonchev–Trinajstić information content (AvgIpc) is 2.73. The topological polar surface area (TPSA) is 113 Å². The number of carbonyl (C=O) groups is 1. The third-order valence-corrected chi connectivity index (χ3v) is 4.30. The number of pyridine rings is 1. The van der Waals surface area contributed by atoms with Gasteiger partial charge in [0.05, 0.1) is 20.8 Å². The fourth-order valence-corrected chi connectivity index (χ4v) is 3.02. The zero-order valence-electron chi connectivity index (χ0n) is 17.0. The standard InChI is InChI=1S/C21H21N3O6/c1-5-30-21(27)16-19(25)23-18(13-9-12(2)10-22-11-13)24(20(16)26)17-14(28-3)7-6-8-15(17)29-4/h6-11,25H,5H2,1-4H3. The van der Waals surface area contributed by atoms with Crippen molar-refractivity contribution in [1.82, 2.24) is 14.5 Å². The van der Waals surface area contributed by atoms with Crippen LogP contribution in [0.2, 0.25) is 0 Å². The molecule has 30 heavy (non-hydrogen) atoms. The van der Waals surface area contributed by atoms with Crippen molar-refractivity contribution < 1.29 is 24.1 Å². The van der Waals surface area contributed by atoms with Crippen LogP contribution in [0.4, 0.5) is 0 Å². The van der Waals surface area contributed by atoms with E-state index in [9.17, 15) is 14.7 Å². The molecule has 0 unspecified atom stereocenters. The third kappa shape index (κ3) is 3.69. The van der Waals surface area contributed by atoms with Gasteiger partial charge < -0.3 is 19.3 Å². The normalized spacial score (nSPS) is 10.5. The molecule has 0 atom stereocenters. The van der Waals surface area contributed by atoms with E-state index in [1.807, 2.05) is 6.92 Å². The van der Waals surface area contributed by atoms with Crippen LogP contribution in [0.5, 0.6) is 17.4 Å². The molecule has 0 amide bonds. The van der Waals surface area contributed by atoms with Crippen LogP contribution < -0.4 is 15.0 Å². The Morgan fingerprint density at radius 1 is 1.17 bits per heavy atom. The second-order valence-corrected chi connectivity index (χ2v) is 6.26. The van der Waals surface area contributed by atoms with E-state index < -0.39 is 23.0 Å². The largest absolute Gasteiger partial charge is 0.494 e. The number of para-hydroxylation sites is 1. The van der Waals surface area contributed by atoms with Gasteiger partial charge in [-0.05, 0) is 37.6 Å². The number of methoxy groups -OCH3 is 2. The van der Waals surface area contributed by atoms with Gasteiger partial charge in [-0.2, -0.15) is 4.98 Å². The first kappa shape index (κ1) is 20.8. The van der Waals surface area contributed by atoms with Crippen LogP contribution in [-0.2, 0) is 4.74 Å². The molecule has 156 valence electrons. The zero-order chi connectivity index (χ0) is 21.8. The number of aromatic hydroxyl groups is 1. The number of hydrogen-bond donors (Lipinski definition) is 1. The summed E-state index contributed by atoms with van der Waals surface area (Å²) in [6.45, 7) is 3.45. The minimum atomic E-state index is -0.982. The van der Waals surface area contributed by atoms with E-state index in [1.54, 1.807) is 37.4 Å².